The second kappa shape index (κ2) is 18.7. The van der Waals surface area contributed by atoms with E-state index in [1.807, 2.05) is 13.8 Å². The second-order valence-corrected chi connectivity index (χ2v) is 9.55. The van der Waals surface area contributed by atoms with Gasteiger partial charge < -0.3 is 38.9 Å². The summed E-state index contributed by atoms with van der Waals surface area (Å²) in [6.45, 7) is 5.80. The summed E-state index contributed by atoms with van der Waals surface area (Å²) in [6.07, 6.45) is 2.06. The molecule has 0 aliphatic heterocycles. The van der Waals surface area contributed by atoms with Crippen LogP contribution in [0, 0.1) is 11.8 Å². The predicted molar refractivity (Wildman–Crippen MR) is 141 cm³/mol. The van der Waals surface area contributed by atoms with Gasteiger partial charge in [-0.3, -0.25) is 34.2 Å². The van der Waals surface area contributed by atoms with E-state index in [9.17, 15) is 24.0 Å². The Bertz CT molecular complexity index is 817. The molecule has 0 aromatic carbocycles. The van der Waals surface area contributed by atoms with Crippen LogP contribution in [0.25, 0.3) is 0 Å². The van der Waals surface area contributed by atoms with Crippen molar-refractivity contribution in [2.45, 2.75) is 83.8 Å². The van der Waals surface area contributed by atoms with Crippen LogP contribution in [0.5, 0.6) is 0 Å². The molecule has 0 radical (unpaired) electrons. The maximum Gasteiger partial charge on any atom is 0.244 e. The highest BCUT2D eigenvalue weighted by atomic mass is 16.5. The van der Waals surface area contributed by atoms with Gasteiger partial charge in [0.2, 0.25) is 29.5 Å². The molecule has 0 fully saturated rings. The number of hydroxylamine groups is 1. The molecule has 218 valence electrons. The Kier molecular flexibility index (Phi) is 17.0. The predicted octanol–water partition coefficient (Wildman–Crippen LogP) is -2.31. The van der Waals surface area contributed by atoms with Crippen molar-refractivity contribution in [3.63, 3.8) is 0 Å². The second-order valence-electron chi connectivity index (χ2n) is 9.55. The molecule has 15 nitrogen and oxygen atoms in total. The molecule has 0 aromatic rings. The van der Waals surface area contributed by atoms with Crippen LogP contribution >= 0.6 is 0 Å². The third-order valence-electron chi connectivity index (χ3n) is 5.62. The first-order valence-electron chi connectivity index (χ1n) is 12.7. The van der Waals surface area contributed by atoms with Gasteiger partial charge in [-0.25, -0.2) is 5.48 Å². The van der Waals surface area contributed by atoms with Gasteiger partial charge in [0, 0.05) is 18.9 Å². The normalized spacial score (nSPS) is 13.9. The van der Waals surface area contributed by atoms with E-state index in [-0.39, 0.29) is 37.7 Å². The summed E-state index contributed by atoms with van der Waals surface area (Å²) in [5.41, 5.74) is 23.1. The van der Waals surface area contributed by atoms with E-state index in [4.69, 9.17) is 28.1 Å². The van der Waals surface area contributed by atoms with Crippen LogP contribution < -0.4 is 44.4 Å². The number of primary amides is 1. The highest BCUT2D eigenvalue weighted by Gasteiger charge is 2.29. The molecule has 0 rings (SSSR count). The zero-order valence-electron chi connectivity index (χ0n) is 22.5. The number of aliphatic imine (C=N–C) groups is 1. The fourth-order valence-corrected chi connectivity index (χ4v) is 3.64. The van der Waals surface area contributed by atoms with Crippen molar-refractivity contribution >= 4 is 35.5 Å². The van der Waals surface area contributed by atoms with Crippen LogP contribution in [-0.4, -0.2) is 71.9 Å². The number of guanidine groups is 1. The van der Waals surface area contributed by atoms with Crippen molar-refractivity contribution in [1.82, 2.24) is 21.4 Å². The fourth-order valence-electron chi connectivity index (χ4n) is 3.64. The van der Waals surface area contributed by atoms with Crippen molar-refractivity contribution in [3.8, 4) is 0 Å². The van der Waals surface area contributed by atoms with Crippen molar-refractivity contribution in [3.05, 3.63) is 0 Å². The number of unbranched alkanes of at least 4 members (excludes halogenated alkanes) is 1. The number of rotatable bonds is 19. The Morgan fingerprint density at radius 2 is 1.42 bits per heavy atom. The first kappa shape index (κ1) is 34.5. The molecule has 0 aromatic heterocycles. The smallest absolute Gasteiger partial charge is 0.244 e. The SMILES string of the molecule is CC(C)C[C@H](CC(=O)NO)C(=O)N[C@@H](C)C(=O)N[C@@H](CCCN=C(N)N)C(=O)N[C@@H](CCCCN)C(N)=O. The van der Waals surface area contributed by atoms with Crippen molar-refractivity contribution in [1.29, 1.82) is 0 Å². The Balaban J connectivity index is 5.44. The van der Waals surface area contributed by atoms with Gasteiger partial charge in [0.05, 0.1) is 0 Å². The van der Waals surface area contributed by atoms with Gasteiger partial charge >= 0.3 is 0 Å². The van der Waals surface area contributed by atoms with E-state index in [2.05, 4.69) is 20.9 Å². The van der Waals surface area contributed by atoms with Crippen LogP contribution in [-0.2, 0) is 24.0 Å². The summed E-state index contributed by atoms with van der Waals surface area (Å²) >= 11 is 0. The summed E-state index contributed by atoms with van der Waals surface area (Å²) < 4.78 is 0. The van der Waals surface area contributed by atoms with E-state index in [0.29, 0.717) is 32.2 Å². The summed E-state index contributed by atoms with van der Waals surface area (Å²) in [6, 6.07) is -3.07. The van der Waals surface area contributed by atoms with Crippen LogP contribution in [0.3, 0.4) is 0 Å². The molecule has 38 heavy (non-hydrogen) atoms. The molecule has 0 aliphatic rings. The monoisotopic (exact) mass is 543 g/mol. The van der Waals surface area contributed by atoms with Gasteiger partial charge in [-0.2, -0.15) is 0 Å². The van der Waals surface area contributed by atoms with Crippen molar-refractivity contribution < 1.29 is 29.2 Å². The standard InChI is InChI=1S/C23H45N9O6/c1-13(2)11-15(12-18(33)32-38)21(36)29-14(3)20(35)31-17(8-6-10-28-23(26)27)22(37)30-16(19(25)34)7-4-5-9-24/h13-17,38H,4-12,24H2,1-3H3,(H2,25,34)(H,29,36)(H,30,37)(H,31,35)(H,32,33)(H4,26,27,28)/t14-,15+,16-,17-/m0/s1. The maximum absolute atomic E-state index is 13.0. The minimum atomic E-state index is -1.07. The maximum atomic E-state index is 13.0. The highest BCUT2D eigenvalue weighted by molar-refractivity contribution is 5.94. The van der Waals surface area contributed by atoms with Gasteiger partial charge in [-0.15, -0.1) is 0 Å². The minimum absolute atomic E-state index is 0.0720. The lowest BCUT2D eigenvalue weighted by molar-refractivity contribution is -0.137. The number of nitrogens with two attached hydrogens (primary N) is 4. The number of carbonyl (C=O) groups is 5. The quantitative estimate of drug-likeness (QED) is 0.0278. The Morgan fingerprint density at radius 3 is 1.95 bits per heavy atom. The molecule has 0 heterocycles. The van der Waals surface area contributed by atoms with Gasteiger partial charge in [0.15, 0.2) is 5.96 Å². The van der Waals surface area contributed by atoms with Crippen LogP contribution in [0.15, 0.2) is 4.99 Å². The topological polar surface area (TPSA) is 270 Å². The lowest BCUT2D eigenvalue weighted by atomic mass is 9.93. The average Bonchev–Trinajstić information content (AvgIpc) is 2.83. The lowest BCUT2D eigenvalue weighted by Crippen LogP contribution is -2.56. The number of amides is 5. The van der Waals surface area contributed by atoms with Gasteiger partial charge in [0.25, 0.3) is 0 Å². The van der Waals surface area contributed by atoms with Crippen molar-refractivity contribution in [2.24, 2.45) is 39.8 Å². The minimum Gasteiger partial charge on any atom is -0.370 e. The van der Waals surface area contributed by atoms with Crippen LogP contribution in [0.1, 0.15) is 65.7 Å². The molecule has 13 N–H and O–H groups in total. The average molecular weight is 544 g/mol. The molecule has 5 amide bonds. The van der Waals surface area contributed by atoms with Gasteiger partial charge in [-0.1, -0.05) is 13.8 Å². The summed E-state index contributed by atoms with van der Waals surface area (Å²) in [4.78, 5) is 65.9. The van der Waals surface area contributed by atoms with E-state index in [0.717, 1.165) is 0 Å². The zero-order valence-corrected chi connectivity index (χ0v) is 22.5. The van der Waals surface area contributed by atoms with Crippen molar-refractivity contribution in [2.75, 3.05) is 13.1 Å². The molecule has 15 heteroatoms. The first-order valence-corrected chi connectivity index (χ1v) is 12.7. The number of nitrogens with one attached hydrogen (secondary N) is 4. The molecule has 0 saturated carbocycles. The van der Waals surface area contributed by atoms with Crippen LogP contribution in [0.2, 0.25) is 0 Å². The number of carbonyl (C=O) groups excluding carboxylic acids is 5. The summed E-state index contributed by atoms with van der Waals surface area (Å²) in [7, 11) is 0. The Labute approximate surface area is 223 Å². The lowest BCUT2D eigenvalue weighted by Gasteiger charge is -2.24. The molecule has 0 unspecified atom stereocenters. The molecule has 0 aliphatic carbocycles. The zero-order chi connectivity index (χ0) is 29.3. The van der Waals surface area contributed by atoms with E-state index >= 15 is 0 Å². The summed E-state index contributed by atoms with van der Waals surface area (Å²) in [5, 5.41) is 16.5. The molecule has 0 spiro atoms. The molecular formula is C23H45N9O6. The third kappa shape index (κ3) is 14.9. The Morgan fingerprint density at radius 1 is 0.816 bits per heavy atom. The summed E-state index contributed by atoms with van der Waals surface area (Å²) in [5.74, 6) is -4.10. The largest absolute Gasteiger partial charge is 0.370 e. The molecular weight excluding hydrogens is 498 g/mol. The van der Waals surface area contributed by atoms with Gasteiger partial charge in [0.1, 0.15) is 18.1 Å². The number of hydrogen-bond donors (Lipinski definition) is 9. The molecule has 0 bridgehead atoms. The Hall–Kier alpha value is -3.46. The highest BCUT2D eigenvalue weighted by Crippen LogP contribution is 2.16. The fraction of sp³-hybridized carbons (Fsp3) is 0.739. The van der Waals surface area contributed by atoms with E-state index in [1.54, 1.807) is 0 Å². The first-order chi connectivity index (χ1) is 17.8. The van der Waals surface area contributed by atoms with E-state index < -0.39 is 53.6 Å². The molecule has 0 saturated heterocycles. The molecule has 4 atom stereocenters. The third-order valence-corrected chi connectivity index (χ3v) is 5.62. The van der Waals surface area contributed by atoms with Crippen LogP contribution in [0.4, 0.5) is 0 Å². The number of nitrogens with zero attached hydrogens (tertiary/aromatic N) is 1. The van der Waals surface area contributed by atoms with Gasteiger partial charge in [-0.05, 0) is 57.9 Å². The van der Waals surface area contributed by atoms with E-state index in [1.165, 1.54) is 12.4 Å². The number of hydrogen-bond acceptors (Lipinski definition) is 8.